The molecule has 1 atom stereocenters. The summed E-state index contributed by atoms with van der Waals surface area (Å²) >= 11 is 0. The Bertz CT molecular complexity index is 453. The third-order valence-corrected chi connectivity index (χ3v) is 3.50. The molecule has 0 aliphatic carbocycles. The third-order valence-electron chi connectivity index (χ3n) is 3.50. The second-order valence-electron chi connectivity index (χ2n) is 5.49. The molecule has 1 unspecified atom stereocenters. The summed E-state index contributed by atoms with van der Waals surface area (Å²) in [5.41, 5.74) is 1.65. The zero-order valence-electron chi connectivity index (χ0n) is 12.8. The van der Waals surface area contributed by atoms with Crippen molar-refractivity contribution in [2.24, 2.45) is 0 Å². The van der Waals surface area contributed by atoms with Gasteiger partial charge in [0.2, 0.25) is 5.91 Å². The number of hydrogen-bond donors (Lipinski definition) is 2. The monoisotopic (exact) mass is 279 g/mol. The molecule has 2 N–H and O–H groups in total. The van der Waals surface area contributed by atoms with E-state index in [1.54, 1.807) is 0 Å². The van der Waals surface area contributed by atoms with E-state index in [9.17, 15) is 9.90 Å². The highest BCUT2D eigenvalue weighted by Gasteiger charge is 2.22. The molecule has 20 heavy (non-hydrogen) atoms. The van der Waals surface area contributed by atoms with Gasteiger partial charge in [-0.1, -0.05) is 19.1 Å². The van der Waals surface area contributed by atoms with Crippen molar-refractivity contribution in [3.63, 3.8) is 0 Å². The lowest BCUT2D eigenvalue weighted by molar-refractivity contribution is -0.123. The Morgan fingerprint density at radius 2 is 2.10 bits per heavy atom. The first kappa shape index (κ1) is 16.5. The summed E-state index contributed by atoms with van der Waals surface area (Å²) < 4.78 is 5.65. The highest BCUT2D eigenvalue weighted by Crippen LogP contribution is 2.19. The van der Waals surface area contributed by atoms with E-state index in [-0.39, 0.29) is 18.9 Å². The fraction of sp³-hybridized carbons (Fsp3) is 0.562. The molecule has 0 aliphatic heterocycles. The topological polar surface area (TPSA) is 58.6 Å². The Kier molecular flexibility index (Phi) is 6.02. The standard InChI is InChI=1S/C16H25NO3/c1-5-16(4,11-18)17-15(19)8-9-20-14-10-12(2)6-7-13(14)3/h6-7,10,18H,5,8-9,11H2,1-4H3,(H,17,19). The van der Waals surface area contributed by atoms with Gasteiger partial charge in [-0.2, -0.15) is 0 Å². The van der Waals surface area contributed by atoms with Crippen LogP contribution in [0.15, 0.2) is 18.2 Å². The molecule has 4 heteroatoms. The SMILES string of the molecule is CCC(C)(CO)NC(=O)CCOc1cc(C)ccc1C. The van der Waals surface area contributed by atoms with E-state index in [0.717, 1.165) is 16.9 Å². The molecule has 0 saturated carbocycles. The lowest BCUT2D eigenvalue weighted by Crippen LogP contribution is -2.48. The first-order chi connectivity index (χ1) is 9.40. The zero-order valence-corrected chi connectivity index (χ0v) is 12.8. The molecule has 0 fully saturated rings. The fourth-order valence-electron chi connectivity index (χ4n) is 1.76. The first-order valence-electron chi connectivity index (χ1n) is 7.02. The van der Waals surface area contributed by atoms with Gasteiger partial charge in [0.1, 0.15) is 5.75 Å². The van der Waals surface area contributed by atoms with Crippen molar-refractivity contribution in [3.8, 4) is 5.75 Å². The van der Waals surface area contributed by atoms with Crippen LogP contribution >= 0.6 is 0 Å². The predicted molar refractivity (Wildman–Crippen MR) is 80.0 cm³/mol. The Hall–Kier alpha value is -1.55. The van der Waals surface area contributed by atoms with Crippen molar-refractivity contribution >= 4 is 5.91 Å². The average Bonchev–Trinajstić information content (AvgIpc) is 2.42. The number of benzene rings is 1. The lowest BCUT2D eigenvalue weighted by atomic mass is 10.0. The van der Waals surface area contributed by atoms with Gasteiger partial charge < -0.3 is 15.2 Å². The second-order valence-corrected chi connectivity index (χ2v) is 5.49. The number of ether oxygens (including phenoxy) is 1. The minimum atomic E-state index is -0.545. The molecule has 1 amide bonds. The van der Waals surface area contributed by atoms with Crippen molar-refractivity contribution in [1.82, 2.24) is 5.32 Å². The van der Waals surface area contributed by atoms with Crippen molar-refractivity contribution < 1.29 is 14.6 Å². The minimum Gasteiger partial charge on any atom is -0.493 e. The van der Waals surface area contributed by atoms with Crippen molar-refractivity contribution in [2.75, 3.05) is 13.2 Å². The molecule has 0 spiro atoms. The summed E-state index contributed by atoms with van der Waals surface area (Å²) in [5, 5.41) is 12.1. The van der Waals surface area contributed by atoms with Gasteiger partial charge in [-0.25, -0.2) is 0 Å². The van der Waals surface area contributed by atoms with Crippen LogP contribution < -0.4 is 10.1 Å². The first-order valence-corrected chi connectivity index (χ1v) is 7.02. The van der Waals surface area contributed by atoms with Crippen LogP contribution in [0.3, 0.4) is 0 Å². The number of aliphatic hydroxyl groups excluding tert-OH is 1. The number of hydrogen-bond acceptors (Lipinski definition) is 3. The summed E-state index contributed by atoms with van der Waals surface area (Å²) in [5.74, 6) is 0.715. The number of amides is 1. The Morgan fingerprint density at radius 1 is 1.40 bits per heavy atom. The van der Waals surface area contributed by atoms with Gasteiger partial charge in [-0.15, -0.1) is 0 Å². The van der Waals surface area contributed by atoms with Crippen LogP contribution in [0.4, 0.5) is 0 Å². The number of carbonyl (C=O) groups excluding carboxylic acids is 1. The molecule has 1 rings (SSSR count). The maximum atomic E-state index is 11.8. The van der Waals surface area contributed by atoms with Gasteiger partial charge in [0, 0.05) is 0 Å². The largest absolute Gasteiger partial charge is 0.493 e. The van der Waals surface area contributed by atoms with Crippen LogP contribution in [0.2, 0.25) is 0 Å². The van der Waals surface area contributed by atoms with Crippen LogP contribution in [-0.4, -0.2) is 29.8 Å². The van der Waals surface area contributed by atoms with E-state index in [1.165, 1.54) is 0 Å². The predicted octanol–water partition coefficient (Wildman–Crippen LogP) is 2.35. The summed E-state index contributed by atoms with van der Waals surface area (Å²) in [6.45, 7) is 8.02. The van der Waals surface area contributed by atoms with Crippen LogP contribution in [0.5, 0.6) is 5.75 Å². The third kappa shape index (κ3) is 4.85. The van der Waals surface area contributed by atoms with Gasteiger partial charge >= 0.3 is 0 Å². The molecule has 0 aliphatic rings. The highest BCUT2D eigenvalue weighted by atomic mass is 16.5. The summed E-state index contributed by atoms with van der Waals surface area (Å²) in [6.07, 6.45) is 0.968. The Labute approximate surface area is 121 Å². The van der Waals surface area contributed by atoms with Crippen LogP contribution in [0.1, 0.15) is 37.8 Å². The van der Waals surface area contributed by atoms with Gasteiger partial charge in [-0.3, -0.25) is 4.79 Å². The fourth-order valence-corrected chi connectivity index (χ4v) is 1.76. The summed E-state index contributed by atoms with van der Waals surface area (Å²) in [7, 11) is 0. The van der Waals surface area contributed by atoms with Gasteiger partial charge in [0.05, 0.1) is 25.2 Å². The molecule has 0 bridgehead atoms. The number of rotatable bonds is 7. The van der Waals surface area contributed by atoms with Gasteiger partial charge in [-0.05, 0) is 44.4 Å². The van der Waals surface area contributed by atoms with E-state index in [0.29, 0.717) is 13.0 Å². The molecule has 0 saturated heterocycles. The van der Waals surface area contributed by atoms with Crippen molar-refractivity contribution in [2.45, 2.75) is 46.1 Å². The molecule has 112 valence electrons. The number of aliphatic hydroxyl groups is 1. The zero-order chi connectivity index (χ0) is 15.2. The Balaban J connectivity index is 2.44. The summed E-state index contributed by atoms with van der Waals surface area (Å²) in [4.78, 5) is 11.8. The second kappa shape index (κ2) is 7.29. The minimum absolute atomic E-state index is 0.0624. The normalized spacial score (nSPS) is 13.7. The van der Waals surface area contributed by atoms with Gasteiger partial charge in [0.15, 0.2) is 0 Å². The van der Waals surface area contributed by atoms with Crippen LogP contribution in [-0.2, 0) is 4.79 Å². The molecule has 4 nitrogen and oxygen atoms in total. The Morgan fingerprint density at radius 3 is 2.70 bits per heavy atom. The highest BCUT2D eigenvalue weighted by molar-refractivity contribution is 5.76. The lowest BCUT2D eigenvalue weighted by Gasteiger charge is -2.27. The smallest absolute Gasteiger partial charge is 0.223 e. The van der Waals surface area contributed by atoms with Crippen LogP contribution in [0, 0.1) is 13.8 Å². The van der Waals surface area contributed by atoms with E-state index in [1.807, 2.05) is 45.9 Å². The van der Waals surface area contributed by atoms with E-state index in [4.69, 9.17) is 4.74 Å². The molecule has 1 aromatic carbocycles. The molecule has 0 radical (unpaired) electrons. The van der Waals surface area contributed by atoms with Crippen molar-refractivity contribution in [1.29, 1.82) is 0 Å². The summed E-state index contributed by atoms with van der Waals surface area (Å²) in [6, 6.07) is 6.00. The number of aryl methyl sites for hydroxylation is 2. The van der Waals surface area contributed by atoms with Crippen molar-refractivity contribution in [3.05, 3.63) is 29.3 Å². The molecular weight excluding hydrogens is 254 g/mol. The average molecular weight is 279 g/mol. The maximum Gasteiger partial charge on any atom is 0.223 e. The quantitative estimate of drug-likeness (QED) is 0.805. The molecule has 0 heterocycles. The molecule has 1 aromatic rings. The molecule has 0 aromatic heterocycles. The van der Waals surface area contributed by atoms with Gasteiger partial charge in [0.25, 0.3) is 0 Å². The van der Waals surface area contributed by atoms with E-state index in [2.05, 4.69) is 5.32 Å². The molecular formula is C16H25NO3. The van der Waals surface area contributed by atoms with E-state index >= 15 is 0 Å². The van der Waals surface area contributed by atoms with E-state index < -0.39 is 5.54 Å². The maximum absolute atomic E-state index is 11.8. The van der Waals surface area contributed by atoms with Crippen LogP contribution in [0.25, 0.3) is 0 Å². The number of carbonyl (C=O) groups is 1. The number of nitrogens with one attached hydrogen (secondary N) is 1.